The van der Waals surface area contributed by atoms with Gasteiger partial charge in [0.25, 0.3) is 0 Å². The highest BCUT2D eigenvalue weighted by Crippen LogP contribution is 2.24. The van der Waals surface area contributed by atoms with Crippen molar-refractivity contribution in [1.29, 1.82) is 0 Å². The Morgan fingerprint density at radius 3 is 2.68 bits per heavy atom. The molecule has 0 atom stereocenters. The van der Waals surface area contributed by atoms with Crippen LogP contribution < -0.4 is 0 Å². The van der Waals surface area contributed by atoms with Gasteiger partial charge in [-0.25, -0.2) is 9.97 Å². The molecule has 126 valence electrons. The average Bonchev–Trinajstić information content (AvgIpc) is 3.18. The summed E-state index contributed by atoms with van der Waals surface area (Å²) in [6.07, 6.45) is 3.76. The molecular formula is C19H16Cl2N4. The van der Waals surface area contributed by atoms with E-state index in [1.807, 2.05) is 48.7 Å². The molecule has 2 aromatic carbocycles. The minimum Gasteiger partial charge on any atom is -0.327 e. The van der Waals surface area contributed by atoms with E-state index in [1.54, 1.807) is 6.20 Å². The summed E-state index contributed by atoms with van der Waals surface area (Å²) in [5.41, 5.74) is 2.99. The standard InChI is InChI=1S/C19H16Cl2N4/c1-2-25-17-7-6-15(21)11-16(17)23-18(25)12-24-9-8-22-19(24)13-4-3-5-14(20)10-13/h3-11H,2,12H2,1H3. The lowest BCUT2D eigenvalue weighted by Gasteiger charge is -2.10. The number of aryl methyl sites for hydroxylation is 1. The van der Waals surface area contributed by atoms with Crippen molar-refractivity contribution in [3.05, 3.63) is 70.7 Å². The number of halogens is 2. The van der Waals surface area contributed by atoms with Crippen LogP contribution in [0.1, 0.15) is 12.7 Å². The zero-order valence-electron chi connectivity index (χ0n) is 13.7. The topological polar surface area (TPSA) is 35.6 Å². The lowest BCUT2D eigenvalue weighted by Crippen LogP contribution is -2.08. The summed E-state index contributed by atoms with van der Waals surface area (Å²) in [5, 5.41) is 1.39. The lowest BCUT2D eigenvalue weighted by atomic mass is 10.2. The molecule has 4 nitrogen and oxygen atoms in total. The molecule has 0 saturated carbocycles. The average molecular weight is 371 g/mol. The van der Waals surface area contributed by atoms with Crippen molar-refractivity contribution in [2.45, 2.75) is 20.0 Å². The molecule has 4 rings (SSSR count). The van der Waals surface area contributed by atoms with Gasteiger partial charge in [0.1, 0.15) is 11.6 Å². The Morgan fingerprint density at radius 1 is 1.04 bits per heavy atom. The normalized spacial score (nSPS) is 11.3. The second kappa shape index (κ2) is 6.54. The number of rotatable bonds is 4. The van der Waals surface area contributed by atoms with Gasteiger partial charge in [-0.3, -0.25) is 0 Å². The van der Waals surface area contributed by atoms with Gasteiger partial charge in [0, 0.05) is 34.5 Å². The van der Waals surface area contributed by atoms with Crippen molar-refractivity contribution in [1.82, 2.24) is 19.1 Å². The van der Waals surface area contributed by atoms with Crippen molar-refractivity contribution < 1.29 is 0 Å². The molecule has 2 aromatic heterocycles. The molecule has 0 spiro atoms. The van der Waals surface area contributed by atoms with Crippen molar-refractivity contribution >= 4 is 34.2 Å². The fraction of sp³-hybridized carbons (Fsp3) is 0.158. The SMILES string of the molecule is CCn1c(Cn2ccnc2-c2cccc(Cl)c2)nc2cc(Cl)ccc21. The van der Waals surface area contributed by atoms with Crippen LogP contribution in [0.25, 0.3) is 22.4 Å². The van der Waals surface area contributed by atoms with Gasteiger partial charge >= 0.3 is 0 Å². The molecule has 2 heterocycles. The summed E-state index contributed by atoms with van der Waals surface area (Å²) < 4.78 is 4.29. The zero-order valence-corrected chi connectivity index (χ0v) is 15.2. The highest BCUT2D eigenvalue weighted by atomic mass is 35.5. The van der Waals surface area contributed by atoms with Crippen LogP contribution in [0.4, 0.5) is 0 Å². The monoisotopic (exact) mass is 370 g/mol. The number of fused-ring (bicyclic) bond motifs is 1. The second-order valence-electron chi connectivity index (χ2n) is 5.79. The highest BCUT2D eigenvalue weighted by Gasteiger charge is 2.13. The van der Waals surface area contributed by atoms with Gasteiger partial charge in [0.05, 0.1) is 17.6 Å². The first kappa shape index (κ1) is 16.2. The van der Waals surface area contributed by atoms with E-state index >= 15 is 0 Å². The van der Waals surface area contributed by atoms with Gasteiger partial charge in [0.2, 0.25) is 0 Å². The third kappa shape index (κ3) is 3.03. The molecule has 0 amide bonds. The number of nitrogens with zero attached hydrogens (tertiary/aromatic N) is 4. The van der Waals surface area contributed by atoms with E-state index in [0.717, 1.165) is 34.8 Å². The van der Waals surface area contributed by atoms with E-state index in [9.17, 15) is 0 Å². The van der Waals surface area contributed by atoms with E-state index < -0.39 is 0 Å². The third-order valence-corrected chi connectivity index (χ3v) is 4.69. The van der Waals surface area contributed by atoms with Crippen LogP contribution >= 0.6 is 23.2 Å². The van der Waals surface area contributed by atoms with Crippen LogP contribution in [0, 0.1) is 0 Å². The Kier molecular flexibility index (Phi) is 4.24. The third-order valence-electron chi connectivity index (χ3n) is 4.22. The summed E-state index contributed by atoms with van der Waals surface area (Å²) in [4.78, 5) is 9.27. The molecule has 25 heavy (non-hydrogen) atoms. The molecule has 0 aliphatic heterocycles. The van der Waals surface area contributed by atoms with E-state index in [4.69, 9.17) is 28.2 Å². The quantitative estimate of drug-likeness (QED) is 0.490. The predicted octanol–water partition coefficient (Wildman–Crippen LogP) is 5.27. The van der Waals surface area contributed by atoms with Crippen LogP contribution in [0.3, 0.4) is 0 Å². The Labute approximate surface area is 155 Å². The van der Waals surface area contributed by atoms with Gasteiger partial charge in [-0.2, -0.15) is 0 Å². The van der Waals surface area contributed by atoms with Crippen molar-refractivity contribution in [3.8, 4) is 11.4 Å². The first-order valence-electron chi connectivity index (χ1n) is 8.07. The van der Waals surface area contributed by atoms with Crippen LogP contribution in [0.2, 0.25) is 10.0 Å². The fourth-order valence-corrected chi connectivity index (χ4v) is 3.46. The smallest absolute Gasteiger partial charge is 0.140 e. The van der Waals surface area contributed by atoms with Crippen LogP contribution in [0.5, 0.6) is 0 Å². The number of hydrogen-bond acceptors (Lipinski definition) is 2. The van der Waals surface area contributed by atoms with E-state index in [2.05, 4.69) is 21.0 Å². The number of hydrogen-bond donors (Lipinski definition) is 0. The van der Waals surface area contributed by atoms with Crippen LogP contribution in [0.15, 0.2) is 54.9 Å². The molecule has 0 aliphatic carbocycles. The van der Waals surface area contributed by atoms with Gasteiger partial charge in [-0.1, -0.05) is 35.3 Å². The van der Waals surface area contributed by atoms with Gasteiger partial charge < -0.3 is 9.13 Å². The fourth-order valence-electron chi connectivity index (χ4n) is 3.10. The van der Waals surface area contributed by atoms with Crippen LogP contribution in [-0.4, -0.2) is 19.1 Å². The Morgan fingerprint density at radius 2 is 1.88 bits per heavy atom. The van der Waals surface area contributed by atoms with Gasteiger partial charge in [-0.15, -0.1) is 0 Å². The predicted molar refractivity (Wildman–Crippen MR) is 102 cm³/mol. The van der Waals surface area contributed by atoms with E-state index in [-0.39, 0.29) is 0 Å². The van der Waals surface area contributed by atoms with E-state index in [0.29, 0.717) is 16.6 Å². The Bertz CT molecular complexity index is 1050. The molecule has 0 unspecified atom stereocenters. The van der Waals surface area contributed by atoms with E-state index in [1.165, 1.54) is 0 Å². The molecule has 0 fully saturated rings. The molecule has 0 N–H and O–H groups in total. The summed E-state index contributed by atoms with van der Waals surface area (Å²) in [5.74, 6) is 1.84. The lowest BCUT2D eigenvalue weighted by molar-refractivity contribution is 0.667. The van der Waals surface area contributed by atoms with Gasteiger partial charge in [-0.05, 0) is 37.3 Å². The summed E-state index contributed by atoms with van der Waals surface area (Å²) in [6, 6.07) is 13.5. The summed E-state index contributed by atoms with van der Waals surface area (Å²) >= 11 is 12.2. The second-order valence-corrected chi connectivity index (χ2v) is 6.67. The molecular weight excluding hydrogens is 355 g/mol. The molecule has 4 aromatic rings. The largest absolute Gasteiger partial charge is 0.327 e. The molecule has 0 aliphatic rings. The van der Waals surface area contributed by atoms with Crippen LogP contribution in [-0.2, 0) is 13.1 Å². The Balaban J connectivity index is 1.77. The van der Waals surface area contributed by atoms with Gasteiger partial charge in [0.15, 0.2) is 0 Å². The highest BCUT2D eigenvalue weighted by molar-refractivity contribution is 6.31. The molecule has 0 saturated heterocycles. The number of benzene rings is 2. The Hall–Kier alpha value is -2.30. The minimum absolute atomic E-state index is 0.627. The first-order valence-corrected chi connectivity index (χ1v) is 8.83. The molecule has 6 heteroatoms. The van der Waals surface area contributed by atoms with Crippen molar-refractivity contribution in [2.24, 2.45) is 0 Å². The molecule has 0 radical (unpaired) electrons. The van der Waals surface area contributed by atoms with Crippen molar-refractivity contribution in [2.75, 3.05) is 0 Å². The maximum atomic E-state index is 6.12. The molecule has 0 bridgehead atoms. The first-order chi connectivity index (χ1) is 12.2. The number of imidazole rings is 2. The maximum absolute atomic E-state index is 6.12. The maximum Gasteiger partial charge on any atom is 0.140 e. The zero-order chi connectivity index (χ0) is 17.4. The summed E-state index contributed by atoms with van der Waals surface area (Å²) in [7, 11) is 0. The van der Waals surface area contributed by atoms with Crippen molar-refractivity contribution in [3.63, 3.8) is 0 Å². The summed E-state index contributed by atoms with van der Waals surface area (Å²) in [6.45, 7) is 3.58. The minimum atomic E-state index is 0.627. The number of aromatic nitrogens is 4.